The molecule has 13 heavy (non-hydrogen) atoms. The highest BCUT2D eigenvalue weighted by Gasteiger charge is 2.48. The first-order valence-corrected chi connectivity index (χ1v) is 5.71. The van der Waals surface area contributed by atoms with Crippen LogP contribution in [0.25, 0.3) is 0 Å². The molecule has 3 rings (SSSR count). The van der Waals surface area contributed by atoms with Gasteiger partial charge in [0.2, 0.25) is 0 Å². The summed E-state index contributed by atoms with van der Waals surface area (Å²) in [4.78, 5) is 2.63. The summed E-state index contributed by atoms with van der Waals surface area (Å²) in [5.74, 6) is 2.77. The number of nitrogens with zero attached hydrogens (tertiary/aromatic N) is 1. The predicted octanol–water partition coefficient (Wildman–Crippen LogP) is 1.10. The van der Waals surface area contributed by atoms with E-state index in [4.69, 9.17) is 5.11 Å². The van der Waals surface area contributed by atoms with E-state index in [1.807, 2.05) is 0 Å². The molecular weight excluding hydrogens is 162 g/mol. The Bertz CT molecular complexity index is 196. The minimum absolute atomic E-state index is 0.399. The molecule has 1 N–H and O–H groups in total. The van der Waals surface area contributed by atoms with Crippen molar-refractivity contribution < 1.29 is 5.11 Å². The van der Waals surface area contributed by atoms with Crippen LogP contribution in [-0.2, 0) is 0 Å². The van der Waals surface area contributed by atoms with Crippen molar-refractivity contribution in [3.8, 4) is 0 Å². The zero-order valence-electron chi connectivity index (χ0n) is 8.15. The minimum Gasteiger partial charge on any atom is -0.396 e. The van der Waals surface area contributed by atoms with Gasteiger partial charge < -0.3 is 5.11 Å². The van der Waals surface area contributed by atoms with E-state index in [0.29, 0.717) is 12.5 Å². The summed E-state index contributed by atoms with van der Waals surface area (Å²) in [5.41, 5.74) is 0. The molecule has 1 saturated heterocycles. The van der Waals surface area contributed by atoms with E-state index in [1.165, 1.54) is 38.8 Å². The minimum atomic E-state index is 0.399. The number of likely N-dealkylation sites (tertiary alicyclic amines) is 1. The van der Waals surface area contributed by atoms with Crippen LogP contribution in [0.4, 0.5) is 0 Å². The molecule has 3 unspecified atom stereocenters. The topological polar surface area (TPSA) is 23.5 Å². The second-order valence-electron chi connectivity index (χ2n) is 5.21. The Labute approximate surface area is 79.9 Å². The summed E-state index contributed by atoms with van der Waals surface area (Å²) < 4.78 is 0. The van der Waals surface area contributed by atoms with Gasteiger partial charge in [-0.1, -0.05) is 0 Å². The van der Waals surface area contributed by atoms with Crippen LogP contribution >= 0.6 is 0 Å². The van der Waals surface area contributed by atoms with Gasteiger partial charge in [-0.05, 0) is 50.0 Å². The largest absolute Gasteiger partial charge is 0.396 e. The van der Waals surface area contributed by atoms with Crippen LogP contribution in [0, 0.1) is 17.8 Å². The summed E-state index contributed by atoms with van der Waals surface area (Å²) >= 11 is 0. The molecule has 2 nitrogen and oxygen atoms in total. The SMILES string of the molecule is OCC1CCN(C2CC3CC3C2)C1. The monoisotopic (exact) mass is 181 g/mol. The fourth-order valence-corrected chi connectivity index (χ4v) is 3.32. The van der Waals surface area contributed by atoms with Gasteiger partial charge in [0.15, 0.2) is 0 Å². The molecule has 0 spiro atoms. The number of hydrogen-bond acceptors (Lipinski definition) is 2. The van der Waals surface area contributed by atoms with Crippen molar-refractivity contribution in [1.29, 1.82) is 0 Å². The third-order valence-corrected chi connectivity index (χ3v) is 4.31. The van der Waals surface area contributed by atoms with Crippen molar-refractivity contribution in [3.63, 3.8) is 0 Å². The Morgan fingerprint density at radius 1 is 1.15 bits per heavy atom. The van der Waals surface area contributed by atoms with Crippen molar-refractivity contribution in [2.75, 3.05) is 19.7 Å². The van der Waals surface area contributed by atoms with Crippen LogP contribution in [-0.4, -0.2) is 35.7 Å². The standard InChI is InChI=1S/C11H19NO/c13-7-8-1-2-12(6-8)11-4-9-3-10(9)5-11/h8-11,13H,1-7H2. The molecule has 2 aliphatic carbocycles. The molecule has 0 aromatic heterocycles. The quantitative estimate of drug-likeness (QED) is 0.689. The van der Waals surface area contributed by atoms with Crippen LogP contribution in [0.5, 0.6) is 0 Å². The number of fused-ring (bicyclic) bond motifs is 1. The van der Waals surface area contributed by atoms with Gasteiger partial charge in [0.1, 0.15) is 0 Å². The van der Waals surface area contributed by atoms with Crippen LogP contribution in [0.1, 0.15) is 25.7 Å². The lowest BCUT2D eigenvalue weighted by atomic mass is 10.1. The van der Waals surface area contributed by atoms with Crippen molar-refractivity contribution in [2.24, 2.45) is 17.8 Å². The van der Waals surface area contributed by atoms with Crippen molar-refractivity contribution in [2.45, 2.75) is 31.7 Å². The molecule has 3 aliphatic rings. The van der Waals surface area contributed by atoms with Gasteiger partial charge in [-0.25, -0.2) is 0 Å². The molecule has 1 heterocycles. The number of rotatable bonds is 2. The fraction of sp³-hybridized carbons (Fsp3) is 1.00. The Balaban J connectivity index is 1.55. The number of aliphatic hydroxyl groups excluding tert-OH is 1. The zero-order chi connectivity index (χ0) is 8.84. The van der Waals surface area contributed by atoms with Gasteiger partial charge in [-0.3, -0.25) is 4.90 Å². The van der Waals surface area contributed by atoms with Gasteiger partial charge in [0, 0.05) is 19.2 Å². The Morgan fingerprint density at radius 2 is 1.92 bits per heavy atom. The maximum Gasteiger partial charge on any atom is 0.0471 e. The second kappa shape index (κ2) is 2.96. The molecule has 0 aromatic carbocycles. The van der Waals surface area contributed by atoms with E-state index in [9.17, 15) is 0 Å². The summed E-state index contributed by atoms with van der Waals surface area (Å²) in [6.45, 7) is 2.81. The second-order valence-corrected chi connectivity index (χ2v) is 5.21. The molecule has 0 radical (unpaired) electrons. The molecule has 3 atom stereocenters. The molecule has 2 heteroatoms. The number of aliphatic hydroxyl groups is 1. The van der Waals surface area contributed by atoms with Crippen molar-refractivity contribution >= 4 is 0 Å². The van der Waals surface area contributed by atoms with E-state index in [0.717, 1.165) is 17.9 Å². The predicted molar refractivity (Wildman–Crippen MR) is 51.4 cm³/mol. The molecule has 0 amide bonds. The smallest absolute Gasteiger partial charge is 0.0471 e. The first-order valence-electron chi connectivity index (χ1n) is 5.71. The Kier molecular flexibility index (Phi) is 1.88. The molecule has 74 valence electrons. The molecule has 3 fully saturated rings. The van der Waals surface area contributed by atoms with Crippen LogP contribution in [0.15, 0.2) is 0 Å². The first-order chi connectivity index (χ1) is 6.36. The third kappa shape index (κ3) is 1.40. The van der Waals surface area contributed by atoms with Crippen LogP contribution in [0.2, 0.25) is 0 Å². The average Bonchev–Trinajstić information content (AvgIpc) is 2.67. The first kappa shape index (κ1) is 8.25. The number of hydrogen-bond donors (Lipinski definition) is 1. The maximum absolute atomic E-state index is 9.06. The van der Waals surface area contributed by atoms with E-state index in [1.54, 1.807) is 0 Å². The summed E-state index contributed by atoms with van der Waals surface area (Å²) in [6, 6.07) is 0.889. The summed E-state index contributed by atoms with van der Waals surface area (Å²) in [7, 11) is 0. The molecule has 0 bridgehead atoms. The molecule has 0 aromatic rings. The summed E-state index contributed by atoms with van der Waals surface area (Å²) in [6.07, 6.45) is 5.67. The van der Waals surface area contributed by atoms with Gasteiger partial charge in [-0.15, -0.1) is 0 Å². The van der Waals surface area contributed by atoms with Gasteiger partial charge in [-0.2, -0.15) is 0 Å². The van der Waals surface area contributed by atoms with Gasteiger partial charge in [0.05, 0.1) is 0 Å². The lowest BCUT2D eigenvalue weighted by Crippen LogP contribution is -2.32. The Hall–Kier alpha value is -0.0800. The molecule has 2 saturated carbocycles. The van der Waals surface area contributed by atoms with Gasteiger partial charge >= 0.3 is 0 Å². The normalized spacial score (nSPS) is 49.6. The molecule has 1 aliphatic heterocycles. The van der Waals surface area contributed by atoms with Crippen molar-refractivity contribution in [1.82, 2.24) is 4.90 Å². The third-order valence-electron chi connectivity index (χ3n) is 4.31. The van der Waals surface area contributed by atoms with E-state index < -0.39 is 0 Å². The fourth-order valence-electron chi connectivity index (χ4n) is 3.32. The van der Waals surface area contributed by atoms with Crippen LogP contribution in [0.3, 0.4) is 0 Å². The van der Waals surface area contributed by atoms with Crippen LogP contribution < -0.4 is 0 Å². The van der Waals surface area contributed by atoms with Gasteiger partial charge in [0.25, 0.3) is 0 Å². The van der Waals surface area contributed by atoms with E-state index in [2.05, 4.69) is 4.90 Å². The van der Waals surface area contributed by atoms with E-state index in [-0.39, 0.29) is 0 Å². The lowest BCUT2D eigenvalue weighted by Gasteiger charge is -2.24. The summed E-state index contributed by atoms with van der Waals surface area (Å²) in [5, 5.41) is 9.06. The Morgan fingerprint density at radius 3 is 2.54 bits per heavy atom. The molecular formula is C11H19NO. The highest BCUT2D eigenvalue weighted by molar-refractivity contribution is 5.00. The zero-order valence-corrected chi connectivity index (χ0v) is 8.15. The van der Waals surface area contributed by atoms with E-state index >= 15 is 0 Å². The van der Waals surface area contributed by atoms with Crippen molar-refractivity contribution in [3.05, 3.63) is 0 Å². The average molecular weight is 181 g/mol. The highest BCUT2D eigenvalue weighted by atomic mass is 16.3. The maximum atomic E-state index is 9.06. The highest BCUT2D eigenvalue weighted by Crippen LogP contribution is 2.53. The lowest BCUT2D eigenvalue weighted by molar-refractivity contribution is 0.192.